The molecule has 0 spiro atoms. The lowest BCUT2D eigenvalue weighted by atomic mass is 10.1. The van der Waals surface area contributed by atoms with E-state index >= 15 is 0 Å². The van der Waals surface area contributed by atoms with E-state index in [1.807, 2.05) is 6.07 Å². The lowest BCUT2D eigenvalue weighted by Gasteiger charge is -2.15. The molecular formula is C20H17ClFN3O2. The molecule has 1 aromatic heterocycles. The number of hydrogen-bond acceptors (Lipinski definition) is 3. The standard InChI is InChI=1S/C20H17ClFN3O2/c1-12-8-16(22)11-17(9-12)23-20(27)13(2)25-19(26)7-6-18(24-25)14-4-3-5-15(21)10-14/h3-11,13H,1-2H3,(H,23,27). The minimum Gasteiger partial charge on any atom is -0.324 e. The van der Waals surface area contributed by atoms with E-state index in [2.05, 4.69) is 10.4 Å². The molecule has 0 bridgehead atoms. The quantitative estimate of drug-likeness (QED) is 0.731. The number of carbonyl (C=O) groups is 1. The first-order chi connectivity index (χ1) is 12.8. The van der Waals surface area contributed by atoms with Crippen LogP contribution in [0, 0.1) is 12.7 Å². The van der Waals surface area contributed by atoms with Crippen LogP contribution in [0.4, 0.5) is 10.1 Å². The first-order valence-electron chi connectivity index (χ1n) is 8.27. The maximum absolute atomic E-state index is 13.5. The second-order valence-corrected chi connectivity index (χ2v) is 6.63. The van der Waals surface area contributed by atoms with Gasteiger partial charge in [-0.15, -0.1) is 0 Å². The monoisotopic (exact) mass is 385 g/mol. The molecule has 3 aromatic rings. The maximum Gasteiger partial charge on any atom is 0.267 e. The number of rotatable bonds is 4. The highest BCUT2D eigenvalue weighted by Crippen LogP contribution is 2.21. The zero-order chi connectivity index (χ0) is 19.6. The molecule has 1 heterocycles. The van der Waals surface area contributed by atoms with Gasteiger partial charge in [0.15, 0.2) is 0 Å². The Bertz CT molecular complexity index is 1040. The van der Waals surface area contributed by atoms with Crippen LogP contribution in [-0.4, -0.2) is 15.7 Å². The number of benzene rings is 2. The van der Waals surface area contributed by atoms with Crippen molar-refractivity contribution in [2.24, 2.45) is 0 Å². The lowest BCUT2D eigenvalue weighted by Crippen LogP contribution is -2.33. The first-order valence-corrected chi connectivity index (χ1v) is 8.65. The number of nitrogens with zero attached hydrogens (tertiary/aromatic N) is 2. The van der Waals surface area contributed by atoms with Crippen molar-refractivity contribution in [1.82, 2.24) is 9.78 Å². The SMILES string of the molecule is Cc1cc(F)cc(NC(=O)C(C)n2nc(-c3cccc(Cl)c3)ccc2=O)c1. The van der Waals surface area contributed by atoms with Crippen LogP contribution >= 0.6 is 11.6 Å². The Morgan fingerprint density at radius 2 is 1.96 bits per heavy atom. The molecule has 3 rings (SSSR count). The van der Waals surface area contributed by atoms with Crippen LogP contribution in [0.15, 0.2) is 59.4 Å². The summed E-state index contributed by atoms with van der Waals surface area (Å²) in [6, 6.07) is 13.3. The van der Waals surface area contributed by atoms with Crippen molar-refractivity contribution < 1.29 is 9.18 Å². The van der Waals surface area contributed by atoms with Gasteiger partial charge in [0, 0.05) is 22.3 Å². The number of carbonyl (C=O) groups excluding carboxylic acids is 1. The Morgan fingerprint density at radius 1 is 1.19 bits per heavy atom. The zero-order valence-electron chi connectivity index (χ0n) is 14.7. The summed E-state index contributed by atoms with van der Waals surface area (Å²) >= 11 is 6.00. The van der Waals surface area contributed by atoms with E-state index < -0.39 is 23.3 Å². The molecule has 0 aliphatic rings. The van der Waals surface area contributed by atoms with Crippen molar-refractivity contribution >= 4 is 23.2 Å². The molecule has 1 unspecified atom stereocenters. The van der Waals surface area contributed by atoms with E-state index in [0.717, 1.165) is 10.2 Å². The number of halogens is 2. The summed E-state index contributed by atoms with van der Waals surface area (Å²) < 4.78 is 14.6. The molecule has 1 atom stereocenters. The smallest absolute Gasteiger partial charge is 0.267 e. The Balaban J connectivity index is 1.89. The highest BCUT2D eigenvalue weighted by atomic mass is 35.5. The maximum atomic E-state index is 13.5. The normalized spacial score (nSPS) is 11.9. The van der Waals surface area contributed by atoms with Crippen molar-refractivity contribution in [3.8, 4) is 11.3 Å². The second kappa shape index (κ2) is 7.72. The van der Waals surface area contributed by atoms with E-state index in [0.29, 0.717) is 22.0 Å². The van der Waals surface area contributed by atoms with Crippen molar-refractivity contribution in [1.29, 1.82) is 0 Å². The number of aryl methyl sites for hydroxylation is 1. The molecule has 1 amide bonds. The predicted molar refractivity (Wildman–Crippen MR) is 103 cm³/mol. The number of anilines is 1. The van der Waals surface area contributed by atoms with Gasteiger partial charge >= 0.3 is 0 Å². The number of nitrogens with one attached hydrogen (secondary N) is 1. The summed E-state index contributed by atoms with van der Waals surface area (Å²) in [6.07, 6.45) is 0. The Morgan fingerprint density at radius 3 is 2.67 bits per heavy atom. The summed E-state index contributed by atoms with van der Waals surface area (Å²) in [6.45, 7) is 3.28. The van der Waals surface area contributed by atoms with Crippen LogP contribution in [0.3, 0.4) is 0 Å². The predicted octanol–water partition coefficient (Wildman–Crippen LogP) is 4.21. The number of aromatic nitrogens is 2. The zero-order valence-corrected chi connectivity index (χ0v) is 15.5. The van der Waals surface area contributed by atoms with Gasteiger partial charge in [-0.1, -0.05) is 23.7 Å². The lowest BCUT2D eigenvalue weighted by molar-refractivity contribution is -0.119. The Kier molecular flexibility index (Phi) is 5.37. The van der Waals surface area contributed by atoms with E-state index in [-0.39, 0.29) is 0 Å². The average Bonchev–Trinajstić information content (AvgIpc) is 2.60. The van der Waals surface area contributed by atoms with Gasteiger partial charge in [0.1, 0.15) is 11.9 Å². The third-order valence-electron chi connectivity index (χ3n) is 4.00. The van der Waals surface area contributed by atoms with E-state index in [1.54, 1.807) is 44.2 Å². The molecule has 0 fully saturated rings. The summed E-state index contributed by atoms with van der Waals surface area (Å²) in [5.41, 5.74) is 1.82. The molecule has 0 aliphatic carbocycles. The molecule has 5 nitrogen and oxygen atoms in total. The number of amides is 1. The topological polar surface area (TPSA) is 64.0 Å². The molecule has 1 N–H and O–H groups in total. The van der Waals surface area contributed by atoms with Crippen LogP contribution in [0.5, 0.6) is 0 Å². The highest BCUT2D eigenvalue weighted by Gasteiger charge is 2.18. The minimum absolute atomic E-state index is 0.323. The third kappa shape index (κ3) is 4.41. The summed E-state index contributed by atoms with van der Waals surface area (Å²) in [5.74, 6) is -0.922. The minimum atomic E-state index is -0.889. The Labute approximate surface area is 160 Å². The Hall–Kier alpha value is -2.99. The van der Waals surface area contributed by atoms with Gasteiger partial charge in [-0.3, -0.25) is 9.59 Å². The molecule has 138 valence electrons. The van der Waals surface area contributed by atoms with Crippen LogP contribution in [-0.2, 0) is 4.79 Å². The van der Waals surface area contributed by atoms with Gasteiger partial charge in [-0.05, 0) is 55.8 Å². The van der Waals surface area contributed by atoms with Crippen molar-refractivity contribution in [3.63, 3.8) is 0 Å². The van der Waals surface area contributed by atoms with E-state index in [4.69, 9.17) is 11.6 Å². The van der Waals surface area contributed by atoms with E-state index in [9.17, 15) is 14.0 Å². The van der Waals surface area contributed by atoms with Gasteiger partial charge < -0.3 is 5.32 Å². The summed E-state index contributed by atoms with van der Waals surface area (Å²) in [5, 5.41) is 7.45. The molecule has 2 aromatic carbocycles. The fraction of sp³-hybridized carbons (Fsp3) is 0.150. The van der Waals surface area contributed by atoms with E-state index in [1.165, 1.54) is 18.2 Å². The fourth-order valence-electron chi connectivity index (χ4n) is 2.67. The first kappa shape index (κ1) is 18.8. The summed E-state index contributed by atoms with van der Waals surface area (Å²) in [7, 11) is 0. The fourth-order valence-corrected chi connectivity index (χ4v) is 2.86. The van der Waals surface area contributed by atoms with Gasteiger partial charge in [0.25, 0.3) is 5.56 Å². The van der Waals surface area contributed by atoms with Gasteiger partial charge in [-0.25, -0.2) is 9.07 Å². The van der Waals surface area contributed by atoms with Gasteiger partial charge in [0.05, 0.1) is 5.69 Å². The van der Waals surface area contributed by atoms with Crippen molar-refractivity contribution in [2.75, 3.05) is 5.32 Å². The van der Waals surface area contributed by atoms with Crippen LogP contribution in [0.1, 0.15) is 18.5 Å². The molecule has 27 heavy (non-hydrogen) atoms. The third-order valence-corrected chi connectivity index (χ3v) is 4.24. The molecular weight excluding hydrogens is 369 g/mol. The number of hydrogen-bond donors (Lipinski definition) is 1. The van der Waals surface area contributed by atoms with Gasteiger partial charge in [0.2, 0.25) is 5.91 Å². The highest BCUT2D eigenvalue weighted by molar-refractivity contribution is 6.30. The second-order valence-electron chi connectivity index (χ2n) is 6.19. The van der Waals surface area contributed by atoms with Crippen LogP contribution in [0.25, 0.3) is 11.3 Å². The van der Waals surface area contributed by atoms with Crippen LogP contribution < -0.4 is 10.9 Å². The van der Waals surface area contributed by atoms with Gasteiger partial charge in [-0.2, -0.15) is 5.10 Å². The molecule has 0 saturated carbocycles. The van der Waals surface area contributed by atoms with Crippen molar-refractivity contribution in [2.45, 2.75) is 19.9 Å². The molecule has 0 saturated heterocycles. The molecule has 0 radical (unpaired) electrons. The summed E-state index contributed by atoms with van der Waals surface area (Å²) in [4.78, 5) is 24.7. The average molecular weight is 386 g/mol. The molecule has 0 aliphatic heterocycles. The van der Waals surface area contributed by atoms with Crippen molar-refractivity contribution in [3.05, 3.63) is 81.4 Å². The largest absolute Gasteiger partial charge is 0.324 e. The molecule has 7 heteroatoms. The van der Waals surface area contributed by atoms with Crippen LogP contribution in [0.2, 0.25) is 5.02 Å².